The summed E-state index contributed by atoms with van der Waals surface area (Å²) in [5.74, 6) is 0. The van der Waals surface area contributed by atoms with E-state index in [0.29, 0.717) is 0 Å². The molecule has 0 bridgehead atoms. The Balaban J connectivity index is 0. The monoisotopic (exact) mass is 155 g/mol. The quantitative estimate of drug-likeness (QED) is 0.615. The van der Waals surface area contributed by atoms with E-state index in [4.69, 9.17) is 5.73 Å². The first kappa shape index (κ1) is 11.9. The summed E-state index contributed by atoms with van der Waals surface area (Å²) in [7, 11) is 0. The van der Waals surface area contributed by atoms with Crippen molar-refractivity contribution in [2.24, 2.45) is 5.73 Å². The summed E-state index contributed by atoms with van der Waals surface area (Å²) < 4.78 is 12.8. The molecule has 0 aromatic carbocycles. The highest BCUT2D eigenvalue weighted by Gasteiger charge is 2.32. The van der Waals surface area contributed by atoms with Gasteiger partial charge in [-0.2, -0.15) is 0 Å². The molecule has 0 aliphatic heterocycles. The fourth-order valence-corrected chi connectivity index (χ4v) is 0. The molecule has 0 aromatic heterocycles. The maximum Gasteiger partial charge on any atom is 0.122 e. The van der Waals surface area contributed by atoms with Gasteiger partial charge in [0.15, 0.2) is 0 Å². The summed E-state index contributed by atoms with van der Waals surface area (Å²) in [5, 5.41) is 0. The average Bonchev–Trinajstić information content (AvgIpc) is 1.25. The normalized spacial score (nSPS) is 12.7. The van der Waals surface area contributed by atoms with Crippen molar-refractivity contribution in [1.29, 1.82) is 0 Å². The molecular weight excluding hydrogens is 141 g/mol. The Morgan fingerprint density at radius 1 is 1.11 bits per heavy atom. The van der Waals surface area contributed by atoms with Gasteiger partial charge in [-0.25, -0.2) is 4.39 Å². The van der Waals surface area contributed by atoms with E-state index in [-0.39, 0.29) is 12.4 Å². The molecule has 9 heavy (non-hydrogen) atoms. The second-order valence-corrected chi connectivity index (χ2v) is 3.19. The number of halogens is 2. The van der Waals surface area contributed by atoms with Crippen molar-refractivity contribution < 1.29 is 4.39 Å². The Morgan fingerprint density at radius 2 is 1.22 bits per heavy atom. The van der Waals surface area contributed by atoms with Crippen LogP contribution in [-0.4, -0.2) is 11.2 Å². The maximum absolute atomic E-state index is 12.8. The van der Waals surface area contributed by atoms with E-state index in [1.165, 1.54) is 13.8 Å². The van der Waals surface area contributed by atoms with Crippen LogP contribution in [0.15, 0.2) is 0 Å². The molecule has 0 radical (unpaired) electrons. The SMILES string of the molecule is CC(C)(N)C(C)(C)F.Cl. The Hall–Kier alpha value is 0.180. The van der Waals surface area contributed by atoms with E-state index < -0.39 is 11.2 Å². The number of hydrogen-bond donors (Lipinski definition) is 1. The van der Waals surface area contributed by atoms with Crippen LogP contribution in [0.4, 0.5) is 4.39 Å². The molecule has 0 amide bonds. The molecule has 0 aliphatic carbocycles. The summed E-state index contributed by atoms with van der Waals surface area (Å²) in [4.78, 5) is 0. The van der Waals surface area contributed by atoms with Gasteiger partial charge in [0.05, 0.1) is 0 Å². The number of nitrogens with two attached hydrogens (primary N) is 1. The van der Waals surface area contributed by atoms with Crippen molar-refractivity contribution in [3.8, 4) is 0 Å². The molecule has 0 heterocycles. The first-order chi connectivity index (χ1) is 3.25. The van der Waals surface area contributed by atoms with E-state index in [0.717, 1.165) is 0 Å². The fraction of sp³-hybridized carbons (Fsp3) is 1.00. The smallest absolute Gasteiger partial charge is 0.122 e. The van der Waals surface area contributed by atoms with E-state index in [9.17, 15) is 4.39 Å². The van der Waals surface area contributed by atoms with Gasteiger partial charge in [-0.1, -0.05) is 0 Å². The molecule has 0 saturated heterocycles. The van der Waals surface area contributed by atoms with Crippen molar-refractivity contribution >= 4 is 12.4 Å². The van der Waals surface area contributed by atoms with Crippen molar-refractivity contribution in [1.82, 2.24) is 0 Å². The van der Waals surface area contributed by atoms with Gasteiger partial charge in [0, 0.05) is 5.54 Å². The van der Waals surface area contributed by atoms with E-state index >= 15 is 0 Å². The van der Waals surface area contributed by atoms with Crippen molar-refractivity contribution in [3.63, 3.8) is 0 Å². The van der Waals surface area contributed by atoms with Gasteiger partial charge in [0.2, 0.25) is 0 Å². The zero-order chi connectivity index (χ0) is 7.00. The van der Waals surface area contributed by atoms with Crippen LogP contribution in [0.1, 0.15) is 27.7 Å². The molecule has 0 rings (SSSR count). The molecule has 3 heteroatoms. The Labute approximate surface area is 62.2 Å². The average molecular weight is 156 g/mol. The third-order valence-corrected chi connectivity index (χ3v) is 1.53. The lowest BCUT2D eigenvalue weighted by atomic mass is 9.89. The third-order valence-electron chi connectivity index (χ3n) is 1.53. The molecule has 0 saturated carbocycles. The summed E-state index contributed by atoms with van der Waals surface area (Å²) in [6, 6.07) is 0. The first-order valence-electron chi connectivity index (χ1n) is 2.73. The van der Waals surface area contributed by atoms with Gasteiger partial charge >= 0.3 is 0 Å². The topological polar surface area (TPSA) is 26.0 Å². The number of rotatable bonds is 1. The molecule has 0 spiro atoms. The third kappa shape index (κ3) is 3.71. The van der Waals surface area contributed by atoms with Crippen LogP contribution in [0.25, 0.3) is 0 Å². The number of hydrogen-bond acceptors (Lipinski definition) is 1. The summed E-state index contributed by atoms with van der Waals surface area (Å²) in [6.07, 6.45) is 0. The Kier molecular flexibility index (Phi) is 3.76. The van der Waals surface area contributed by atoms with Crippen LogP contribution in [0.5, 0.6) is 0 Å². The van der Waals surface area contributed by atoms with Gasteiger partial charge in [-0.05, 0) is 27.7 Å². The summed E-state index contributed by atoms with van der Waals surface area (Å²) in [6.45, 7) is 6.31. The van der Waals surface area contributed by atoms with Crippen molar-refractivity contribution in [2.75, 3.05) is 0 Å². The van der Waals surface area contributed by atoms with Gasteiger partial charge in [-0.15, -0.1) is 12.4 Å². The standard InChI is InChI=1S/C6H14FN.ClH/c1-5(2,7)6(3,4)8;/h8H2,1-4H3;1H. The van der Waals surface area contributed by atoms with Crippen LogP contribution >= 0.6 is 12.4 Å². The van der Waals surface area contributed by atoms with Crippen LogP contribution in [-0.2, 0) is 0 Å². The van der Waals surface area contributed by atoms with Gasteiger partial charge in [0.1, 0.15) is 5.67 Å². The molecule has 2 N–H and O–H groups in total. The minimum atomic E-state index is -1.28. The van der Waals surface area contributed by atoms with Crippen LogP contribution in [0.3, 0.4) is 0 Å². The predicted molar refractivity (Wildman–Crippen MR) is 40.7 cm³/mol. The van der Waals surface area contributed by atoms with E-state index in [1.54, 1.807) is 13.8 Å². The molecule has 1 nitrogen and oxygen atoms in total. The minimum Gasteiger partial charge on any atom is -0.323 e. The lowest BCUT2D eigenvalue weighted by molar-refractivity contribution is 0.119. The van der Waals surface area contributed by atoms with Crippen LogP contribution in [0.2, 0.25) is 0 Å². The highest BCUT2D eigenvalue weighted by atomic mass is 35.5. The largest absolute Gasteiger partial charge is 0.323 e. The zero-order valence-corrected chi connectivity index (χ0v) is 7.18. The van der Waals surface area contributed by atoms with E-state index in [1.807, 2.05) is 0 Å². The summed E-state index contributed by atoms with van der Waals surface area (Å²) in [5.41, 5.74) is 3.42. The lowest BCUT2D eigenvalue weighted by Crippen LogP contribution is -2.49. The summed E-state index contributed by atoms with van der Waals surface area (Å²) >= 11 is 0. The van der Waals surface area contributed by atoms with Crippen LogP contribution in [0, 0.1) is 0 Å². The highest BCUT2D eigenvalue weighted by molar-refractivity contribution is 5.85. The molecular formula is C6H15ClFN. The second-order valence-electron chi connectivity index (χ2n) is 3.19. The maximum atomic E-state index is 12.8. The second kappa shape index (κ2) is 2.84. The van der Waals surface area contributed by atoms with Gasteiger partial charge in [0.25, 0.3) is 0 Å². The van der Waals surface area contributed by atoms with Gasteiger partial charge in [-0.3, -0.25) is 0 Å². The predicted octanol–water partition coefficient (Wildman–Crippen LogP) is 1.89. The Morgan fingerprint density at radius 3 is 1.22 bits per heavy atom. The molecule has 0 aromatic rings. The molecule has 0 aliphatic rings. The molecule has 0 fully saturated rings. The number of alkyl halides is 1. The minimum absolute atomic E-state index is 0. The molecule has 0 atom stereocenters. The van der Waals surface area contributed by atoms with Crippen molar-refractivity contribution in [2.45, 2.75) is 38.9 Å². The van der Waals surface area contributed by atoms with Crippen LogP contribution < -0.4 is 5.73 Å². The Bertz CT molecular complexity index is 68.0. The zero-order valence-electron chi connectivity index (χ0n) is 6.36. The van der Waals surface area contributed by atoms with Gasteiger partial charge < -0.3 is 5.73 Å². The molecule has 58 valence electrons. The van der Waals surface area contributed by atoms with E-state index in [2.05, 4.69) is 0 Å². The highest BCUT2D eigenvalue weighted by Crippen LogP contribution is 2.21. The fourth-order valence-electron chi connectivity index (χ4n) is 0. The molecule has 0 unspecified atom stereocenters. The van der Waals surface area contributed by atoms with Crippen molar-refractivity contribution in [3.05, 3.63) is 0 Å². The first-order valence-corrected chi connectivity index (χ1v) is 2.73. The lowest BCUT2D eigenvalue weighted by Gasteiger charge is -2.30.